The molecule has 3 aromatic rings. The largest absolute Gasteiger partial charge is 0.508 e. The van der Waals surface area contributed by atoms with Crippen LogP contribution in [0.3, 0.4) is 0 Å². The number of amides is 2. The second-order valence-corrected chi connectivity index (χ2v) is 10.2. The minimum absolute atomic E-state index is 0.0105. The predicted octanol–water partition coefficient (Wildman–Crippen LogP) is 4.53. The van der Waals surface area contributed by atoms with Gasteiger partial charge in [-0.1, -0.05) is 43.5 Å². The summed E-state index contributed by atoms with van der Waals surface area (Å²) in [5.74, 6) is 1.39. The van der Waals surface area contributed by atoms with Crippen molar-refractivity contribution in [1.82, 2.24) is 5.32 Å². The van der Waals surface area contributed by atoms with E-state index in [1.54, 1.807) is 42.5 Å². The molecule has 6 rings (SSSR count). The van der Waals surface area contributed by atoms with Gasteiger partial charge in [-0.05, 0) is 54.8 Å². The van der Waals surface area contributed by atoms with Crippen molar-refractivity contribution in [1.29, 1.82) is 0 Å². The number of anilines is 1. The molecule has 2 unspecified atom stereocenters. The van der Waals surface area contributed by atoms with Crippen LogP contribution >= 0.6 is 0 Å². The van der Waals surface area contributed by atoms with E-state index in [9.17, 15) is 14.7 Å². The molecule has 0 saturated heterocycles. The molecule has 2 amide bonds. The summed E-state index contributed by atoms with van der Waals surface area (Å²) in [5.41, 5.74) is 1.00. The van der Waals surface area contributed by atoms with Gasteiger partial charge in [-0.25, -0.2) is 0 Å². The van der Waals surface area contributed by atoms with Crippen molar-refractivity contribution in [3.8, 4) is 28.7 Å². The Balaban J connectivity index is 1.41. The van der Waals surface area contributed by atoms with Gasteiger partial charge in [-0.2, -0.15) is 0 Å². The van der Waals surface area contributed by atoms with Crippen LogP contribution in [-0.2, 0) is 9.59 Å². The fourth-order valence-corrected chi connectivity index (χ4v) is 5.48. The zero-order valence-electron chi connectivity index (χ0n) is 22.1. The first kappa shape index (κ1) is 25.9. The fraction of sp³-hybridized carbons (Fsp3) is 0.355. The van der Waals surface area contributed by atoms with Gasteiger partial charge >= 0.3 is 0 Å². The first-order valence-electron chi connectivity index (χ1n) is 13.8. The fourth-order valence-electron chi connectivity index (χ4n) is 5.48. The molecule has 2 aliphatic heterocycles. The summed E-state index contributed by atoms with van der Waals surface area (Å²) in [6, 6.07) is 17.7. The molecule has 2 N–H and O–H groups in total. The van der Waals surface area contributed by atoms with Crippen molar-refractivity contribution >= 4 is 17.5 Å². The van der Waals surface area contributed by atoms with E-state index in [-0.39, 0.29) is 24.3 Å². The minimum atomic E-state index is -1.04. The van der Waals surface area contributed by atoms with Gasteiger partial charge in [0.25, 0.3) is 5.91 Å². The Kier molecular flexibility index (Phi) is 7.35. The van der Waals surface area contributed by atoms with Gasteiger partial charge in [0.1, 0.15) is 31.6 Å². The maximum Gasteiger partial charge on any atom is 0.272 e. The number of ether oxygens (including phenoxy) is 4. The molecule has 0 aromatic heterocycles. The third-order valence-corrected chi connectivity index (χ3v) is 7.49. The van der Waals surface area contributed by atoms with E-state index in [2.05, 4.69) is 5.32 Å². The van der Waals surface area contributed by atoms with E-state index in [0.717, 1.165) is 32.1 Å². The summed E-state index contributed by atoms with van der Waals surface area (Å²) >= 11 is 0. The van der Waals surface area contributed by atoms with Crippen LogP contribution in [0.2, 0.25) is 0 Å². The van der Waals surface area contributed by atoms with E-state index < -0.39 is 18.1 Å². The third-order valence-electron chi connectivity index (χ3n) is 7.49. The number of hydrogen-bond donors (Lipinski definition) is 2. The summed E-state index contributed by atoms with van der Waals surface area (Å²) in [6.07, 6.45) is 4.03. The quantitative estimate of drug-likeness (QED) is 0.470. The molecule has 2 heterocycles. The van der Waals surface area contributed by atoms with Gasteiger partial charge in [0.15, 0.2) is 23.0 Å². The molecule has 3 aromatic carbocycles. The third kappa shape index (κ3) is 5.36. The van der Waals surface area contributed by atoms with E-state index >= 15 is 0 Å². The van der Waals surface area contributed by atoms with Crippen LogP contribution in [0.1, 0.15) is 43.7 Å². The number of fused-ring (bicyclic) bond motifs is 2. The topological polar surface area (TPSA) is 107 Å². The Morgan fingerprint density at radius 2 is 1.52 bits per heavy atom. The van der Waals surface area contributed by atoms with E-state index in [1.807, 2.05) is 12.1 Å². The highest BCUT2D eigenvalue weighted by atomic mass is 16.6. The van der Waals surface area contributed by atoms with Crippen molar-refractivity contribution in [2.45, 2.75) is 50.3 Å². The Bertz CT molecular complexity index is 1370. The van der Waals surface area contributed by atoms with Crippen molar-refractivity contribution in [3.63, 3.8) is 0 Å². The van der Waals surface area contributed by atoms with Gasteiger partial charge in [0.2, 0.25) is 12.0 Å². The average molecular weight is 545 g/mol. The maximum absolute atomic E-state index is 14.4. The monoisotopic (exact) mass is 544 g/mol. The molecule has 0 bridgehead atoms. The molecule has 1 saturated carbocycles. The van der Waals surface area contributed by atoms with Gasteiger partial charge < -0.3 is 29.4 Å². The van der Waals surface area contributed by atoms with Crippen LogP contribution in [0.5, 0.6) is 28.7 Å². The number of carbonyl (C=O) groups excluding carboxylic acids is 2. The van der Waals surface area contributed by atoms with E-state index in [0.29, 0.717) is 47.5 Å². The predicted molar refractivity (Wildman–Crippen MR) is 147 cm³/mol. The highest BCUT2D eigenvalue weighted by molar-refractivity contribution is 6.04. The number of carbonyl (C=O) groups is 2. The molecule has 208 valence electrons. The summed E-state index contributed by atoms with van der Waals surface area (Å²) in [7, 11) is 0. The summed E-state index contributed by atoms with van der Waals surface area (Å²) in [5, 5.41) is 13.2. The standard InChI is InChI=1S/C31H32N2O7/c34-23-13-10-20(11-14-23)29(30(35)32-21-6-2-1-3-7-21)33(22-12-15-25-27(18-22)38-17-16-37-25)31(36)28-19-39-24-8-4-5-9-26(24)40-28/h4-5,8-15,18,21,28-29,34H,1-3,6-7,16-17,19H2,(H,32,35). The lowest BCUT2D eigenvalue weighted by molar-refractivity contribution is -0.132. The number of phenolic OH excluding ortho intramolecular Hbond substituents is 1. The van der Waals surface area contributed by atoms with Gasteiger partial charge in [0, 0.05) is 17.8 Å². The lowest BCUT2D eigenvalue weighted by atomic mass is 9.94. The lowest BCUT2D eigenvalue weighted by Crippen LogP contribution is -2.52. The minimum Gasteiger partial charge on any atom is -0.508 e. The van der Waals surface area contributed by atoms with Crippen LogP contribution in [0.25, 0.3) is 0 Å². The molecule has 0 radical (unpaired) electrons. The number of phenols is 1. The summed E-state index contributed by atoms with van der Waals surface area (Å²) in [4.78, 5) is 29.9. The molecule has 0 spiro atoms. The van der Waals surface area contributed by atoms with Crippen LogP contribution in [0.4, 0.5) is 5.69 Å². The molecular formula is C31H32N2O7. The zero-order valence-corrected chi connectivity index (χ0v) is 22.1. The van der Waals surface area contributed by atoms with Gasteiger partial charge in [-0.15, -0.1) is 0 Å². The number of nitrogens with zero attached hydrogens (tertiary/aromatic N) is 1. The van der Waals surface area contributed by atoms with Crippen LogP contribution in [-0.4, -0.2) is 48.9 Å². The van der Waals surface area contributed by atoms with Gasteiger partial charge in [0.05, 0.1) is 0 Å². The molecular weight excluding hydrogens is 512 g/mol. The van der Waals surface area contributed by atoms with E-state index in [4.69, 9.17) is 18.9 Å². The van der Waals surface area contributed by atoms with Crippen molar-refractivity contribution in [2.24, 2.45) is 0 Å². The SMILES string of the molecule is O=C(NC1CCCCC1)C(c1ccc(O)cc1)N(C(=O)C1COc2ccccc2O1)c1ccc2c(c1)OCCO2. The van der Waals surface area contributed by atoms with Crippen LogP contribution in [0, 0.1) is 0 Å². The molecule has 40 heavy (non-hydrogen) atoms. The number of benzene rings is 3. The Morgan fingerprint density at radius 3 is 2.30 bits per heavy atom. The van der Waals surface area contributed by atoms with Crippen LogP contribution in [0.15, 0.2) is 66.7 Å². The second kappa shape index (κ2) is 11.4. The first-order valence-corrected chi connectivity index (χ1v) is 13.8. The number of para-hydroxylation sites is 2. The lowest BCUT2D eigenvalue weighted by Gasteiger charge is -2.36. The van der Waals surface area contributed by atoms with Crippen LogP contribution < -0.4 is 29.2 Å². The van der Waals surface area contributed by atoms with E-state index in [1.165, 1.54) is 17.0 Å². The average Bonchev–Trinajstić information content (AvgIpc) is 3.00. The molecule has 1 fully saturated rings. The molecule has 2 atom stereocenters. The first-order chi connectivity index (χ1) is 19.6. The zero-order chi connectivity index (χ0) is 27.5. The molecule has 3 aliphatic rings. The van der Waals surface area contributed by atoms with Gasteiger partial charge in [-0.3, -0.25) is 14.5 Å². The Morgan fingerprint density at radius 1 is 0.825 bits per heavy atom. The number of hydrogen-bond acceptors (Lipinski definition) is 7. The highest BCUT2D eigenvalue weighted by Crippen LogP contribution is 2.39. The Labute approximate surface area is 232 Å². The number of nitrogens with one attached hydrogen (secondary N) is 1. The molecule has 9 nitrogen and oxygen atoms in total. The summed E-state index contributed by atoms with van der Waals surface area (Å²) in [6.45, 7) is 0.801. The highest BCUT2D eigenvalue weighted by Gasteiger charge is 2.40. The van der Waals surface area contributed by atoms with Crippen molar-refractivity contribution < 1.29 is 33.6 Å². The second-order valence-electron chi connectivity index (χ2n) is 10.2. The van der Waals surface area contributed by atoms with Crippen molar-refractivity contribution in [3.05, 3.63) is 72.3 Å². The van der Waals surface area contributed by atoms with Crippen molar-refractivity contribution in [2.75, 3.05) is 24.7 Å². The number of aromatic hydroxyl groups is 1. The number of rotatable bonds is 6. The Hall–Kier alpha value is -4.40. The maximum atomic E-state index is 14.4. The normalized spacial score (nSPS) is 18.9. The molecule has 9 heteroatoms. The molecule has 1 aliphatic carbocycles. The smallest absolute Gasteiger partial charge is 0.272 e. The summed E-state index contributed by atoms with van der Waals surface area (Å²) < 4.78 is 23.5.